The molecule has 0 saturated heterocycles. The highest BCUT2D eigenvalue weighted by Gasteiger charge is 2.12. The number of likely N-dealkylation sites (N-methyl/N-ethyl adjacent to an activating group) is 1. The minimum absolute atomic E-state index is 0.0942. The molecule has 0 amide bonds. The first-order valence-electron chi connectivity index (χ1n) is 5.55. The molecule has 3 heteroatoms. The molecule has 0 atom stereocenters. The summed E-state index contributed by atoms with van der Waals surface area (Å²) in [6.07, 6.45) is 0.941. The van der Waals surface area contributed by atoms with E-state index in [1.54, 1.807) is 0 Å². The van der Waals surface area contributed by atoms with Crippen molar-refractivity contribution in [3.8, 4) is 5.75 Å². The summed E-state index contributed by atoms with van der Waals surface area (Å²) in [4.78, 5) is 13.8. The predicted octanol–water partition coefficient (Wildman–Crippen LogP) is 2.22. The summed E-state index contributed by atoms with van der Waals surface area (Å²) in [6.45, 7) is 3.10. The summed E-state index contributed by atoms with van der Waals surface area (Å²) < 4.78 is 5.55. The van der Waals surface area contributed by atoms with E-state index in [0.717, 1.165) is 6.42 Å². The fourth-order valence-corrected chi connectivity index (χ4v) is 1.41. The zero-order chi connectivity index (χ0) is 12.0. The quantitative estimate of drug-likeness (QED) is 0.690. The molecular weight excluding hydrogens is 202 g/mol. The highest BCUT2D eigenvalue weighted by atomic mass is 16.5. The van der Waals surface area contributed by atoms with Crippen LogP contribution in [-0.2, 0) is 0 Å². The van der Waals surface area contributed by atoms with Crippen molar-refractivity contribution in [2.75, 3.05) is 27.2 Å². The number of para-hydroxylation sites is 1. The van der Waals surface area contributed by atoms with E-state index >= 15 is 0 Å². The van der Waals surface area contributed by atoms with Crippen LogP contribution >= 0.6 is 0 Å². The van der Waals surface area contributed by atoms with Crippen LogP contribution < -0.4 is 4.74 Å². The zero-order valence-electron chi connectivity index (χ0n) is 10.2. The van der Waals surface area contributed by atoms with E-state index in [4.69, 9.17) is 4.74 Å². The molecule has 0 radical (unpaired) electrons. The van der Waals surface area contributed by atoms with Crippen molar-refractivity contribution >= 4 is 5.78 Å². The lowest BCUT2D eigenvalue weighted by Crippen LogP contribution is -2.22. The topological polar surface area (TPSA) is 29.5 Å². The van der Waals surface area contributed by atoms with Crippen molar-refractivity contribution < 1.29 is 9.53 Å². The smallest absolute Gasteiger partial charge is 0.180 e. The van der Waals surface area contributed by atoms with Gasteiger partial charge in [-0.05, 0) is 32.6 Å². The number of benzene rings is 1. The fourth-order valence-electron chi connectivity index (χ4n) is 1.41. The first-order valence-corrected chi connectivity index (χ1v) is 5.55. The van der Waals surface area contributed by atoms with E-state index in [0.29, 0.717) is 24.5 Å². The number of hydrogen-bond acceptors (Lipinski definition) is 3. The zero-order valence-corrected chi connectivity index (χ0v) is 10.2. The molecule has 1 aromatic rings. The minimum Gasteiger partial charge on any atom is -0.493 e. The van der Waals surface area contributed by atoms with E-state index in [9.17, 15) is 4.79 Å². The summed E-state index contributed by atoms with van der Waals surface area (Å²) in [5, 5.41) is 0. The highest BCUT2D eigenvalue weighted by molar-refractivity contribution is 6.00. The molecule has 0 fully saturated rings. The third kappa shape index (κ3) is 3.66. The maximum absolute atomic E-state index is 11.9. The molecule has 3 nitrogen and oxygen atoms in total. The summed E-state index contributed by atoms with van der Waals surface area (Å²) in [6, 6.07) is 7.41. The van der Waals surface area contributed by atoms with Crippen LogP contribution in [0, 0.1) is 0 Å². The largest absolute Gasteiger partial charge is 0.493 e. The van der Waals surface area contributed by atoms with Gasteiger partial charge in [0.1, 0.15) is 5.75 Å². The van der Waals surface area contributed by atoms with Crippen molar-refractivity contribution in [2.45, 2.75) is 13.3 Å². The van der Waals surface area contributed by atoms with Crippen molar-refractivity contribution in [3.63, 3.8) is 0 Å². The SMILES string of the molecule is CCCOc1ccccc1C(=O)CN(C)C. The first kappa shape index (κ1) is 12.7. The van der Waals surface area contributed by atoms with E-state index in [1.807, 2.05) is 50.2 Å². The number of carbonyl (C=O) groups is 1. The molecule has 1 rings (SSSR count). The van der Waals surface area contributed by atoms with Gasteiger partial charge in [-0.15, -0.1) is 0 Å². The number of hydrogen-bond donors (Lipinski definition) is 0. The molecule has 0 saturated carbocycles. The molecule has 0 aliphatic heterocycles. The lowest BCUT2D eigenvalue weighted by molar-refractivity contribution is 0.0954. The average molecular weight is 221 g/mol. The number of rotatable bonds is 6. The summed E-state index contributed by atoms with van der Waals surface area (Å²) >= 11 is 0. The van der Waals surface area contributed by atoms with Crippen LogP contribution in [0.4, 0.5) is 0 Å². The number of ether oxygens (including phenoxy) is 1. The second-order valence-electron chi connectivity index (χ2n) is 4.01. The van der Waals surface area contributed by atoms with Gasteiger partial charge in [-0.25, -0.2) is 0 Å². The first-order chi connectivity index (χ1) is 7.65. The standard InChI is InChI=1S/C13H19NO2/c1-4-9-16-13-8-6-5-7-11(13)12(15)10-14(2)3/h5-8H,4,9-10H2,1-3H3. The molecule has 88 valence electrons. The molecule has 0 N–H and O–H groups in total. The molecule has 0 aliphatic rings. The second-order valence-corrected chi connectivity index (χ2v) is 4.01. The summed E-state index contributed by atoms with van der Waals surface area (Å²) in [5.74, 6) is 0.785. The molecule has 0 unspecified atom stereocenters. The maximum Gasteiger partial charge on any atom is 0.180 e. The highest BCUT2D eigenvalue weighted by Crippen LogP contribution is 2.18. The van der Waals surface area contributed by atoms with E-state index in [2.05, 4.69) is 0 Å². The minimum atomic E-state index is 0.0942. The number of carbonyl (C=O) groups excluding carboxylic acids is 1. The van der Waals surface area contributed by atoms with Crippen LogP contribution in [0.3, 0.4) is 0 Å². The van der Waals surface area contributed by atoms with Gasteiger partial charge in [-0.2, -0.15) is 0 Å². The molecule has 0 spiro atoms. The number of ketones is 1. The lowest BCUT2D eigenvalue weighted by Gasteiger charge is -2.12. The third-order valence-electron chi connectivity index (χ3n) is 2.11. The molecule has 1 aromatic carbocycles. The van der Waals surface area contributed by atoms with Crippen LogP contribution in [0.25, 0.3) is 0 Å². The summed E-state index contributed by atoms with van der Waals surface area (Å²) in [7, 11) is 3.76. The van der Waals surface area contributed by atoms with Crippen molar-refractivity contribution in [2.24, 2.45) is 0 Å². The van der Waals surface area contributed by atoms with E-state index in [1.165, 1.54) is 0 Å². The normalized spacial score (nSPS) is 10.5. The van der Waals surface area contributed by atoms with Gasteiger partial charge < -0.3 is 9.64 Å². The van der Waals surface area contributed by atoms with Gasteiger partial charge >= 0.3 is 0 Å². The van der Waals surface area contributed by atoms with Crippen LogP contribution in [0.2, 0.25) is 0 Å². The second kappa shape index (κ2) is 6.28. The van der Waals surface area contributed by atoms with Gasteiger partial charge in [0.25, 0.3) is 0 Å². The van der Waals surface area contributed by atoms with Gasteiger partial charge in [-0.1, -0.05) is 19.1 Å². The van der Waals surface area contributed by atoms with Crippen LogP contribution in [-0.4, -0.2) is 37.9 Å². The van der Waals surface area contributed by atoms with Crippen molar-refractivity contribution in [3.05, 3.63) is 29.8 Å². The van der Waals surface area contributed by atoms with Gasteiger partial charge in [0.05, 0.1) is 18.7 Å². The molecule has 0 aliphatic carbocycles. The number of nitrogens with zero attached hydrogens (tertiary/aromatic N) is 1. The monoisotopic (exact) mass is 221 g/mol. The molecule has 0 heterocycles. The Hall–Kier alpha value is -1.35. The van der Waals surface area contributed by atoms with Crippen LogP contribution in [0.5, 0.6) is 5.75 Å². The van der Waals surface area contributed by atoms with E-state index < -0.39 is 0 Å². The van der Waals surface area contributed by atoms with Gasteiger partial charge in [0, 0.05) is 0 Å². The van der Waals surface area contributed by atoms with Crippen molar-refractivity contribution in [1.82, 2.24) is 4.90 Å². The molecule has 0 bridgehead atoms. The third-order valence-corrected chi connectivity index (χ3v) is 2.11. The van der Waals surface area contributed by atoms with Gasteiger partial charge in [-0.3, -0.25) is 4.79 Å². The Labute approximate surface area is 97.0 Å². The number of Topliss-reactive ketones (excluding diaryl/α,β-unsaturated/α-hetero) is 1. The molecule has 0 aromatic heterocycles. The lowest BCUT2D eigenvalue weighted by atomic mass is 10.1. The maximum atomic E-state index is 11.9. The Bertz CT molecular complexity index is 348. The summed E-state index contributed by atoms with van der Waals surface area (Å²) in [5.41, 5.74) is 0.671. The Kier molecular flexibility index (Phi) is 4.99. The van der Waals surface area contributed by atoms with Crippen LogP contribution in [0.15, 0.2) is 24.3 Å². The van der Waals surface area contributed by atoms with E-state index in [-0.39, 0.29) is 5.78 Å². The Balaban J connectivity index is 2.81. The molecule has 16 heavy (non-hydrogen) atoms. The predicted molar refractivity (Wildman–Crippen MR) is 65.1 cm³/mol. The average Bonchev–Trinajstić information content (AvgIpc) is 2.25. The Morgan fingerprint density at radius 3 is 2.62 bits per heavy atom. The van der Waals surface area contributed by atoms with Gasteiger partial charge in [0.15, 0.2) is 5.78 Å². The van der Waals surface area contributed by atoms with Crippen LogP contribution in [0.1, 0.15) is 23.7 Å². The fraction of sp³-hybridized carbons (Fsp3) is 0.462. The van der Waals surface area contributed by atoms with Gasteiger partial charge in [0.2, 0.25) is 0 Å². The Morgan fingerprint density at radius 1 is 1.31 bits per heavy atom. The Morgan fingerprint density at radius 2 is 2.00 bits per heavy atom. The molecular formula is C13H19NO2. The van der Waals surface area contributed by atoms with Crippen molar-refractivity contribution in [1.29, 1.82) is 0 Å².